The highest BCUT2D eigenvalue weighted by Gasteiger charge is 2.45. The van der Waals surface area contributed by atoms with Gasteiger partial charge in [0.25, 0.3) is 0 Å². The molecular formula is C20H34N4O5. The van der Waals surface area contributed by atoms with Crippen LogP contribution in [0.4, 0.5) is 0 Å². The van der Waals surface area contributed by atoms with Crippen LogP contribution in [-0.4, -0.2) is 63.4 Å². The Morgan fingerprint density at radius 3 is 2.76 bits per heavy atom. The smallest absolute Gasteiger partial charge is 0.302 e. The summed E-state index contributed by atoms with van der Waals surface area (Å²) in [7, 11) is 0. The van der Waals surface area contributed by atoms with Crippen LogP contribution in [0.3, 0.4) is 0 Å². The zero-order valence-electron chi connectivity index (χ0n) is 17.3. The maximum atomic E-state index is 11.6. The summed E-state index contributed by atoms with van der Waals surface area (Å²) < 4.78 is 17.5. The van der Waals surface area contributed by atoms with Crippen molar-refractivity contribution in [3.05, 3.63) is 5.82 Å². The van der Waals surface area contributed by atoms with E-state index in [9.17, 15) is 9.90 Å². The number of aliphatic hydroxyl groups excluding tert-OH is 1. The van der Waals surface area contributed by atoms with E-state index in [1.807, 2.05) is 0 Å². The number of hydrogen-bond acceptors (Lipinski definition) is 8. The first-order valence-corrected chi connectivity index (χ1v) is 10.9. The van der Waals surface area contributed by atoms with Crippen molar-refractivity contribution < 1.29 is 24.1 Å². The summed E-state index contributed by atoms with van der Waals surface area (Å²) >= 11 is 0. The van der Waals surface area contributed by atoms with Crippen LogP contribution in [0.2, 0.25) is 0 Å². The van der Waals surface area contributed by atoms with E-state index in [1.165, 1.54) is 6.92 Å². The molecule has 0 aromatic carbocycles. The quantitative estimate of drug-likeness (QED) is 0.421. The van der Waals surface area contributed by atoms with Crippen molar-refractivity contribution >= 4 is 5.97 Å². The molecule has 9 nitrogen and oxygen atoms in total. The monoisotopic (exact) mass is 410 g/mol. The Morgan fingerprint density at radius 1 is 1.21 bits per heavy atom. The predicted molar refractivity (Wildman–Crippen MR) is 104 cm³/mol. The zero-order valence-corrected chi connectivity index (χ0v) is 17.3. The highest BCUT2D eigenvalue weighted by atomic mass is 16.7. The van der Waals surface area contributed by atoms with E-state index in [-0.39, 0.29) is 42.9 Å². The van der Waals surface area contributed by atoms with Crippen molar-refractivity contribution in [1.29, 1.82) is 0 Å². The average Bonchev–Trinajstić information content (AvgIpc) is 3.33. The Hall–Kier alpha value is -1.58. The molecule has 5 atom stereocenters. The molecule has 1 aromatic heterocycles. The lowest BCUT2D eigenvalue weighted by Gasteiger charge is -2.29. The molecule has 0 radical (unpaired) electrons. The summed E-state index contributed by atoms with van der Waals surface area (Å²) in [4.78, 5) is 11.6. The molecule has 1 aliphatic carbocycles. The second kappa shape index (κ2) is 11.6. The van der Waals surface area contributed by atoms with Gasteiger partial charge in [-0.25, -0.2) is 0 Å². The van der Waals surface area contributed by atoms with Crippen molar-refractivity contribution in [2.45, 2.75) is 89.6 Å². The fourth-order valence-corrected chi connectivity index (χ4v) is 4.61. The molecular weight excluding hydrogens is 376 g/mol. The number of nitrogens with zero attached hydrogens (tertiary/aromatic N) is 3. The predicted octanol–water partition coefficient (Wildman–Crippen LogP) is 2.16. The van der Waals surface area contributed by atoms with Gasteiger partial charge in [-0.1, -0.05) is 24.5 Å². The van der Waals surface area contributed by atoms with E-state index in [4.69, 9.17) is 14.2 Å². The van der Waals surface area contributed by atoms with Gasteiger partial charge in [0.1, 0.15) is 6.10 Å². The number of aromatic nitrogens is 4. The van der Waals surface area contributed by atoms with Gasteiger partial charge >= 0.3 is 5.97 Å². The van der Waals surface area contributed by atoms with Gasteiger partial charge in [-0.3, -0.25) is 4.79 Å². The normalized spacial score (nSPS) is 29.8. The standard InChI is InChI=1S/C20H34N4O5/c1-14(26)28-17-12-18(29-20-10-6-7-11-27-20)16(13-25)15(17)8-4-2-3-5-9-19-21-23-24-22-19/h15-18,20,25H,2-13H2,1H3,(H,21,22,23,24)/t15-,16-,17+,18-,20?/m1/s1. The summed E-state index contributed by atoms with van der Waals surface area (Å²) in [6.45, 7) is 2.21. The lowest BCUT2D eigenvalue weighted by molar-refractivity contribution is -0.198. The van der Waals surface area contributed by atoms with Gasteiger partial charge < -0.3 is 19.3 Å². The Labute approximate surface area is 171 Å². The fourth-order valence-electron chi connectivity index (χ4n) is 4.61. The number of aryl methyl sites for hydroxylation is 1. The number of rotatable bonds is 11. The largest absolute Gasteiger partial charge is 0.462 e. The van der Waals surface area contributed by atoms with Gasteiger partial charge in [-0.15, -0.1) is 10.2 Å². The number of unbranched alkanes of at least 4 members (excludes halogenated alkanes) is 3. The second-order valence-corrected chi connectivity index (χ2v) is 8.15. The number of ether oxygens (including phenoxy) is 3. The summed E-state index contributed by atoms with van der Waals surface area (Å²) in [5.41, 5.74) is 0. The molecule has 2 fully saturated rings. The molecule has 0 spiro atoms. The maximum Gasteiger partial charge on any atom is 0.302 e. The number of esters is 1. The minimum atomic E-state index is -0.272. The van der Waals surface area contributed by atoms with E-state index < -0.39 is 0 Å². The number of aliphatic hydroxyl groups is 1. The molecule has 9 heteroatoms. The molecule has 164 valence electrons. The lowest BCUT2D eigenvalue weighted by atomic mass is 9.89. The molecule has 0 bridgehead atoms. The topological polar surface area (TPSA) is 119 Å². The second-order valence-electron chi connectivity index (χ2n) is 8.15. The van der Waals surface area contributed by atoms with Crippen LogP contribution in [0.15, 0.2) is 0 Å². The molecule has 29 heavy (non-hydrogen) atoms. The van der Waals surface area contributed by atoms with Crippen LogP contribution in [0, 0.1) is 11.8 Å². The summed E-state index contributed by atoms with van der Waals surface area (Å²) in [6, 6.07) is 0. The van der Waals surface area contributed by atoms with Crippen LogP contribution >= 0.6 is 0 Å². The fraction of sp³-hybridized carbons (Fsp3) is 0.900. The Kier molecular flexibility index (Phi) is 8.82. The number of carbonyl (C=O) groups is 1. The first-order valence-electron chi connectivity index (χ1n) is 10.9. The van der Waals surface area contributed by atoms with Crippen LogP contribution in [0.25, 0.3) is 0 Å². The van der Waals surface area contributed by atoms with Crippen LogP contribution in [0.1, 0.15) is 70.5 Å². The molecule has 3 rings (SSSR count). The van der Waals surface area contributed by atoms with E-state index >= 15 is 0 Å². The van der Waals surface area contributed by atoms with E-state index in [2.05, 4.69) is 20.6 Å². The van der Waals surface area contributed by atoms with Gasteiger partial charge in [0.2, 0.25) is 0 Å². The lowest BCUT2D eigenvalue weighted by Crippen LogP contribution is -2.33. The molecule has 2 N–H and O–H groups in total. The molecule has 1 aromatic rings. The Balaban J connectivity index is 1.46. The van der Waals surface area contributed by atoms with Gasteiger partial charge in [0.05, 0.1) is 6.10 Å². The van der Waals surface area contributed by atoms with Gasteiger partial charge in [0.15, 0.2) is 12.1 Å². The Bertz CT molecular complexity index is 594. The highest BCUT2D eigenvalue weighted by Crippen LogP contribution is 2.40. The molecule has 1 saturated heterocycles. The number of carbonyl (C=O) groups excluding carboxylic acids is 1. The first kappa shape index (κ1) is 22.1. The highest BCUT2D eigenvalue weighted by molar-refractivity contribution is 5.66. The number of tetrazole rings is 1. The number of aromatic amines is 1. The molecule has 2 aliphatic rings. The van der Waals surface area contributed by atoms with Gasteiger partial charge in [0, 0.05) is 44.8 Å². The average molecular weight is 411 g/mol. The Morgan fingerprint density at radius 2 is 2.07 bits per heavy atom. The maximum absolute atomic E-state index is 11.6. The van der Waals surface area contributed by atoms with Crippen molar-refractivity contribution in [2.24, 2.45) is 11.8 Å². The van der Waals surface area contributed by atoms with Crippen molar-refractivity contribution in [3.8, 4) is 0 Å². The third kappa shape index (κ3) is 6.72. The van der Waals surface area contributed by atoms with Crippen molar-refractivity contribution in [3.63, 3.8) is 0 Å². The minimum Gasteiger partial charge on any atom is -0.462 e. The number of hydrogen-bond donors (Lipinski definition) is 2. The molecule has 1 aliphatic heterocycles. The third-order valence-electron chi connectivity index (χ3n) is 6.04. The van der Waals surface area contributed by atoms with Crippen molar-refractivity contribution in [1.82, 2.24) is 20.6 Å². The van der Waals surface area contributed by atoms with Crippen LogP contribution in [0.5, 0.6) is 0 Å². The summed E-state index contributed by atoms with van der Waals surface area (Å²) in [5, 5.41) is 24.0. The molecule has 0 amide bonds. The number of nitrogens with one attached hydrogen (secondary N) is 1. The van der Waals surface area contributed by atoms with Gasteiger partial charge in [-0.2, -0.15) is 5.21 Å². The summed E-state index contributed by atoms with van der Waals surface area (Å²) in [6.07, 6.45) is 9.10. The molecule has 1 unspecified atom stereocenters. The first-order chi connectivity index (χ1) is 14.2. The third-order valence-corrected chi connectivity index (χ3v) is 6.04. The molecule has 1 saturated carbocycles. The number of H-pyrrole nitrogens is 1. The van der Waals surface area contributed by atoms with Crippen LogP contribution in [-0.2, 0) is 25.4 Å². The zero-order chi connectivity index (χ0) is 20.5. The van der Waals surface area contributed by atoms with E-state index in [0.29, 0.717) is 6.42 Å². The SMILES string of the molecule is CC(=O)O[C@H]1C[C@@H](OC2CCCCO2)[C@H](CO)[C@H]1CCCCCCc1nn[nH]n1. The molecule has 2 heterocycles. The van der Waals surface area contributed by atoms with Gasteiger partial charge in [-0.05, 0) is 32.1 Å². The van der Waals surface area contributed by atoms with E-state index in [1.54, 1.807) is 0 Å². The van der Waals surface area contributed by atoms with Crippen LogP contribution < -0.4 is 0 Å². The summed E-state index contributed by atoms with van der Waals surface area (Å²) in [5.74, 6) is 0.575. The minimum absolute atomic E-state index is 0.0239. The van der Waals surface area contributed by atoms with E-state index in [0.717, 1.165) is 70.2 Å². The van der Waals surface area contributed by atoms with Crippen molar-refractivity contribution in [2.75, 3.05) is 13.2 Å².